The molecule has 0 spiro atoms. The number of carbonyl (C=O) groups excluding carboxylic acids is 2. The van der Waals surface area contributed by atoms with Gasteiger partial charge in [-0.3, -0.25) is 4.79 Å². The Morgan fingerprint density at radius 3 is 2.35 bits per heavy atom. The summed E-state index contributed by atoms with van der Waals surface area (Å²) < 4.78 is 12.5. The van der Waals surface area contributed by atoms with Crippen molar-refractivity contribution in [2.45, 2.75) is 19.3 Å². The third-order valence-corrected chi connectivity index (χ3v) is 6.52. The minimum absolute atomic E-state index is 0.179. The van der Waals surface area contributed by atoms with Crippen molar-refractivity contribution in [3.8, 4) is 11.4 Å². The second-order valence-electron chi connectivity index (χ2n) is 8.52. The molecule has 2 aromatic carbocycles. The zero-order valence-corrected chi connectivity index (χ0v) is 19.3. The summed E-state index contributed by atoms with van der Waals surface area (Å²) in [6.45, 7) is 2.34. The van der Waals surface area contributed by atoms with Crippen LogP contribution in [0.15, 0.2) is 54.6 Å². The minimum Gasteiger partial charge on any atom is -0.497 e. The number of nitrogens with zero attached hydrogens (tertiary/aromatic N) is 4. The van der Waals surface area contributed by atoms with E-state index in [9.17, 15) is 9.59 Å². The van der Waals surface area contributed by atoms with E-state index in [4.69, 9.17) is 9.47 Å². The fourth-order valence-corrected chi connectivity index (χ4v) is 4.68. The van der Waals surface area contributed by atoms with Crippen LogP contribution in [0.2, 0.25) is 0 Å². The maximum atomic E-state index is 12.8. The van der Waals surface area contributed by atoms with Crippen LogP contribution < -0.4 is 9.64 Å². The maximum Gasteiger partial charge on any atom is 0.359 e. The Balaban J connectivity index is 1.18. The number of amides is 1. The molecular weight excluding hydrogens is 432 g/mol. The van der Waals surface area contributed by atoms with Gasteiger partial charge in [0.05, 0.1) is 12.8 Å². The SMILES string of the molecule is COc1ccc(N2CCN(C(=O)COC(=O)c3nn(-c4ccccc4)c4c3CCC4)CC2)cc1. The zero-order chi connectivity index (χ0) is 23.5. The smallest absolute Gasteiger partial charge is 0.359 e. The van der Waals surface area contributed by atoms with Crippen LogP contribution in [0.4, 0.5) is 5.69 Å². The number of hydrogen-bond acceptors (Lipinski definition) is 6. The van der Waals surface area contributed by atoms with Crippen LogP contribution in [0.3, 0.4) is 0 Å². The van der Waals surface area contributed by atoms with Crippen molar-refractivity contribution in [1.29, 1.82) is 0 Å². The number of rotatable bonds is 6. The monoisotopic (exact) mass is 460 g/mol. The highest BCUT2D eigenvalue weighted by Crippen LogP contribution is 2.28. The van der Waals surface area contributed by atoms with Gasteiger partial charge < -0.3 is 19.3 Å². The molecule has 2 heterocycles. The molecule has 0 N–H and O–H groups in total. The number of para-hydroxylation sites is 1. The van der Waals surface area contributed by atoms with Crippen LogP contribution in [0.1, 0.15) is 28.2 Å². The van der Waals surface area contributed by atoms with E-state index in [2.05, 4.69) is 10.00 Å². The molecule has 34 heavy (non-hydrogen) atoms. The molecule has 3 aromatic rings. The van der Waals surface area contributed by atoms with Crippen molar-refractivity contribution >= 4 is 17.6 Å². The van der Waals surface area contributed by atoms with Crippen LogP contribution in [0.25, 0.3) is 5.69 Å². The number of benzene rings is 2. The summed E-state index contributed by atoms with van der Waals surface area (Å²) >= 11 is 0. The van der Waals surface area contributed by atoms with E-state index >= 15 is 0 Å². The first kappa shape index (κ1) is 22.0. The van der Waals surface area contributed by atoms with Gasteiger partial charge in [-0.05, 0) is 55.7 Å². The molecule has 0 saturated carbocycles. The third kappa shape index (κ3) is 4.35. The Morgan fingerprint density at radius 1 is 0.912 bits per heavy atom. The third-order valence-electron chi connectivity index (χ3n) is 6.52. The minimum atomic E-state index is -0.530. The number of hydrogen-bond donors (Lipinski definition) is 0. The molecule has 1 fully saturated rings. The number of methoxy groups -OCH3 is 1. The number of anilines is 1. The molecule has 0 radical (unpaired) electrons. The average molecular weight is 461 g/mol. The highest BCUT2D eigenvalue weighted by Gasteiger charge is 2.29. The number of aromatic nitrogens is 2. The van der Waals surface area contributed by atoms with Gasteiger partial charge in [0.15, 0.2) is 12.3 Å². The van der Waals surface area contributed by atoms with Crippen molar-refractivity contribution in [2.24, 2.45) is 0 Å². The molecule has 0 bridgehead atoms. The van der Waals surface area contributed by atoms with Crippen molar-refractivity contribution in [3.63, 3.8) is 0 Å². The Kier molecular flexibility index (Phi) is 6.20. The van der Waals surface area contributed by atoms with Crippen LogP contribution in [-0.2, 0) is 22.4 Å². The molecule has 1 saturated heterocycles. The van der Waals surface area contributed by atoms with Crippen LogP contribution in [0, 0.1) is 0 Å². The van der Waals surface area contributed by atoms with E-state index in [1.807, 2.05) is 59.3 Å². The topological polar surface area (TPSA) is 76.9 Å². The van der Waals surface area contributed by atoms with Gasteiger partial charge in [-0.15, -0.1) is 0 Å². The van der Waals surface area contributed by atoms with Gasteiger partial charge in [0.2, 0.25) is 0 Å². The van der Waals surface area contributed by atoms with Gasteiger partial charge in [-0.1, -0.05) is 18.2 Å². The van der Waals surface area contributed by atoms with E-state index < -0.39 is 5.97 Å². The molecule has 2 aliphatic rings. The summed E-state index contributed by atoms with van der Waals surface area (Å²) in [7, 11) is 1.65. The average Bonchev–Trinajstić information content (AvgIpc) is 3.51. The van der Waals surface area contributed by atoms with Gasteiger partial charge in [0.1, 0.15) is 5.75 Å². The fraction of sp³-hybridized carbons (Fsp3) is 0.346. The van der Waals surface area contributed by atoms with Gasteiger partial charge in [0.25, 0.3) is 5.91 Å². The molecule has 1 amide bonds. The van der Waals surface area contributed by atoms with Gasteiger partial charge in [-0.2, -0.15) is 5.10 Å². The predicted molar refractivity (Wildman–Crippen MR) is 128 cm³/mol. The number of carbonyl (C=O) groups is 2. The van der Waals surface area contributed by atoms with Gasteiger partial charge >= 0.3 is 5.97 Å². The number of ether oxygens (including phenoxy) is 2. The van der Waals surface area contributed by atoms with E-state index in [1.54, 1.807) is 12.0 Å². The van der Waals surface area contributed by atoms with Crippen LogP contribution in [-0.4, -0.2) is 66.5 Å². The lowest BCUT2D eigenvalue weighted by Gasteiger charge is -2.36. The Hall–Kier alpha value is -3.81. The largest absolute Gasteiger partial charge is 0.497 e. The molecule has 1 aliphatic heterocycles. The normalized spacial score (nSPS) is 15.2. The van der Waals surface area contributed by atoms with Crippen LogP contribution in [0.5, 0.6) is 5.75 Å². The first-order chi connectivity index (χ1) is 16.6. The highest BCUT2D eigenvalue weighted by atomic mass is 16.5. The van der Waals surface area contributed by atoms with E-state index in [-0.39, 0.29) is 12.5 Å². The summed E-state index contributed by atoms with van der Waals surface area (Å²) in [5.41, 5.74) is 4.34. The summed E-state index contributed by atoms with van der Waals surface area (Å²) in [6.07, 6.45) is 2.66. The van der Waals surface area contributed by atoms with Crippen LogP contribution >= 0.6 is 0 Å². The zero-order valence-electron chi connectivity index (χ0n) is 19.3. The van der Waals surface area contributed by atoms with Gasteiger partial charge in [-0.25, -0.2) is 9.48 Å². The second-order valence-corrected chi connectivity index (χ2v) is 8.52. The maximum absolute atomic E-state index is 12.8. The number of esters is 1. The number of piperazine rings is 1. The molecule has 1 aliphatic carbocycles. The molecule has 0 atom stereocenters. The van der Waals surface area contributed by atoms with Crippen molar-refractivity contribution < 1.29 is 19.1 Å². The molecule has 1 aromatic heterocycles. The highest BCUT2D eigenvalue weighted by molar-refractivity contribution is 5.91. The van der Waals surface area contributed by atoms with E-state index in [0.29, 0.717) is 18.8 Å². The van der Waals surface area contributed by atoms with E-state index in [0.717, 1.165) is 60.7 Å². The number of fused-ring (bicyclic) bond motifs is 1. The van der Waals surface area contributed by atoms with Crippen molar-refractivity contribution in [1.82, 2.24) is 14.7 Å². The lowest BCUT2D eigenvalue weighted by molar-refractivity contribution is -0.134. The van der Waals surface area contributed by atoms with E-state index in [1.165, 1.54) is 0 Å². The van der Waals surface area contributed by atoms with Crippen molar-refractivity contribution in [2.75, 3.05) is 44.8 Å². The Labute approximate surface area is 198 Å². The molecule has 5 rings (SSSR count). The lowest BCUT2D eigenvalue weighted by atomic mass is 10.2. The standard InChI is InChI=1S/C26H28N4O4/c1-33-21-12-10-19(11-13-21)28-14-16-29(17-15-28)24(31)18-34-26(32)25-22-8-5-9-23(22)30(27-25)20-6-3-2-4-7-20/h2-4,6-7,10-13H,5,8-9,14-18H2,1H3. The lowest BCUT2D eigenvalue weighted by Crippen LogP contribution is -2.49. The Morgan fingerprint density at radius 2 is 1.65 bits per heavy atom. The first-order valence-corrected chi connectivity index (χ1v) is 11.6. The summed E-state index contributed by atoms with van der Waals surface area (Å²) in [6, 6.07) is 17.7. The molecule has 8 nitrogen and oxygen atoms in total. The summed E-state index contributed by atoms with van der Waals surface area (Å²) in [5.74, 6) is 0.110. The quantitative estimate of drug-likeness (QED) is 0.527. The fourth-order valence-electron chi connectivity index (χ4n) is 4.68. The molecular formula is C26H28N4O4. The second kappa shape index (κ2) is 9.59. The summed E-state index contributed by atoms with van der Waals surface area (Å²) in [5, 5.41) is 4.55. The first-order valence-electron chi connectivity index (χ1n) is 11.6. The summed E-state index contributed by atoms with van der Waals surface area (Å²) in [4.78, 5) is 29.5. The predicted octanol–water partition coefficient (Wildman–Crippen LogP) is 2.88. The molecule has 8 heteroatoms. The van der Waals surface area contributed by atoms with Gasteiger partial charge in [0, 0.05) is 43.1 Å². The molecule has 176 valence electrons. The molecule has 0 unspecified atom stereocenters. The van der Waals surface area contributed by atoms with Crippen molar-refractivity contribution in [3.05, 3.63) is 71.5 Å². The Bertz CT molecular complexity index is 1170.